The van der Waals surface area contributed by atoms with Gasteiger partial charge in [-0.3, -0.25) is 4.79 Å². The number of aliphatic hydroxyl groups excluding tert-OH is 1. The Morgan fingerprint density at radius 1 is 1.36 bits per heavy atom. The first kappa shape index (κ1) is 19.3. The quantitative estimate of drug-likeness (QED) is 0.454. The van der Waals surface area contributed by atoms with E-state index in [9.17, 15) is 19.8 Å². The Bertz CT molecular complexity index is 691. The van der Waals surface area contributed by atoms with Crippen LogP contribution in [0.5, 0.6) is 0 Å². The van der Waals surface area contributed by atoms with Crippen molar-refractivity contribution < 1.29 is 24.5 Å². The molecule has 136 valence electrons. The lowest BCUT2D eigenvalue weighted by Crippen LogP contribution is -2.25. The average Bonchev–Trinajstić information content (AvgIpc) is 2.76. The maximum Gasteiger partial charge on any atom is 0.333 e. The minimum Gasteiger partial charge on any atom is -0.454 e. The number of hydrogen-bond donors (Lipinski definition) is 2. The Hall–Kier alpha value is -1.98. The van der Waals surface area contributed by atoms with E-state index in [1.165, 1.54) is 12.2 Å². The Morgan fingerprint density at radius 3 is 2.60 bits per heavy atom. The van der Waals surface area contributed by atoms with Crippen LogP contribution < -0.4 is 0 Å². The summed E-state index contributed by atoms with van der Waals surface area (Å²) in [5.41, 5.74) is 1.08. The van der Waals surface area contributed by atoms with Crippen LogP contribution in [0.1, 0.15) is 47.0 Å². The fourth-order valence-corrected chi connectivity index (χ4v) is 2.96. The van der Waals surface area contributed by atoms with Gasteiger partial charge in [-0.2, -0.15) is 0 Å². The zero-order chi connectivity index (χ0) is 18.8. The van der Waals surface area contributed by atoms with Crippen molar-refractivity contribution in [2.24, 2.45) is 0 Å². The van der Waals surface area contributed by atoms with Crippen LogP contribution in [0.15, 0.2) is 46.6 Å². The van der Waals surface area contributed by atoms with Crippen LogP contribution in [0, 0.1) is 0 Å². The number of rotatable bonds is 5. The largest absolute Gasteiger partial charge is 0.454 e. The van der Waals surface area contributed by atoms with E-state index < -0.39 is 11.7 Å². The van der Waals surface area contributed by atoms with Gasteiger partial charge in [0.15, 0.2) is 5.78 Å². The zero-order valence-electron chi connectivity index (χ0n) is 15.2. The lowest BCUT2D eigenvalue weighted by atomic mass is 9.93. The highest BCUT2D eigenvalue weighted by molar-refractivity contribution is 6.11. The molecule has 1 aliphatic carbocycles. The van der Waals surface area contributed by atoms with E-state index in [0.29, 0.717) is 30.4 Å². The molecule has 2 aliphatic rings. The van der Waals surface area contributed by atoms with Gasteiger partial charge in [0.1, 0.15) is 12.2 Å². The smallest absolute Gasteiger partial charge is 0.333 e. The third kappa shape index (κ3) is 4.77. The van der Waals surface area contributed by atoms with Crippen LogP contribution in [0.25, 0.3) is 0 Å². The number of aliphatic hydroxyl groups is 2. The molecule has 0 saturated carbocycles. The van der Waals surface area contributed by atoms with Crippen LogP contribution in [0.2, 0.25) is 0 Å². The molecule has 5 nitrogen and oxygen atoms in total. The summed E-state index contributed by atoms with van der Waals surface area (Å²) in [5, 5.41) is 20.4. The molecule has 0 aromatic carbocycles. The van der Waals surface area contributed by atoms with Crippen molar-refractivity contribution in [3.8, 4) is 0 Å². The van der Waals surface area contributed by atoms with E-state index >= 15 is 0 Å². The number of allylic oxidation sites excluding steroid dienone is 2. The number of carbonyl (C=O) groups is 2. The van der Waals surface area contributed by atoms with Crippen molar-refractivity contribution in [2.45, 2.75) is 64.8 Å². The van der Waals surface area contributed by atoms with Crippen molar-refractivity contribution in [1.82, 2.24) is 0 Å². The van der Waals surface area contributed by atoms with E-state index in [-0.39, 0.29) is 23.4 Å². The number of esters is 1. The number of hydrogen-bond acceptors (Lipinski definition) is 5. The third-order valence-electron chi connectivity index (χ3n) is 4.65. The molecular weight excluding hydrogens is 320 g/mol. The van der Waals surface area contributed by atoms with Crippen LogP contribution >= 0.6 is 0 Å². The second-order valence-electron chi connectivity index (χ2n) is 7.08. The van der Waals surface area contributed by atoms with E-state index in [4.69, 9.17) is 4.74 Å². The molecule has 3 atom stereocenters. The Morgan fingerprint density at radius 2 is 2.04 bits per heavy atom. The number of ketones is 1. The van der Waals surface area contributed by atoms with Crippen LogP contribution in [0.4, 0.5) is 0 Å². The lowest BCUT2D eigenvalue weighted by molar-refractivity contribution is -0.143. The van der Waals surface area contributed by atoms with Crippen LogP contribution in [0.3, 0.4) is 0 Å². The molecule has 0 spiro atoms. The van der Waals surface area contributed by atoms with Gasteiger partial charge in [0.2, 0.25) is 0 Å². The van der Waals surface area contributed by atoms with Crippen LogP contribution in [-0.2, 0) is 14.3 Å². The Labute approximate surface area is 148 Å². The first-order valence-corrected chi connectivity index (χ1v) is 8.51. The molecule has 0 aromatic rings. The molecule has 1 heterocycles. The van der Waals surface area contributed by atoms with Crippen molar-refractivity contribution >= 4 is 11.8 Å². The van der Waals surface area contributed by atoms with Crippen molar-refractivity contribution in [2.75, 3.05) is 0 Å². The summed E-state index contributed by atoms with van der Waals surface area (Å²) in [6.07, 6.45) is 7.15. The van der Waals surface area contributed by atoms with Gasteiger partial charge in [-0.05, 0) is 63.8 Å². The number of carbonyl (C=O) groups excluding carboxylic acids is 2. The fraction of sp³-hybridized carbons (Fsp3) is 0.500. The molecular formula is C20H26O5. The fourth-order valence-electron chi connectivity index (χ4n) is 2.96. The van der Waals surface area contributed by atoms with Crippen molar-refractivity contribution in [3.05, 3.63) is 46.6 Å². The number of cyclic esters (lactones) is 1. The SMILES string of the molecule is CC1=CCC(C(C)=CCCC(C)(O)C=C2C(=O)C(C)=CC2O)OC1=O. The monoisotopic (exact) mass is 346 g/mol. The van der Waals surface area contributed by atoms with Gasteiger partial charge in [0.25, 0.3) is 0 Å². The average molecular weight is 346 g/mol. The highest BCUT2D eigenvalue weighted by Crippen LogP contribution is 2.26. The molecule has 25 heavy (non-hydrogen) atoms. The van der Waals surface area contributed by atoms with Crippen molar-refractivity contribution in [1.29, 1.82) is 0 Å². The molecule has 0 fully saturated rings. The third-order valence-corrected chi connectivity index (χ3v) is 4.65. The summed E-state index contributed by atoms with van der Waals surface area (Å²) < 4.78 is 5.36. The van der Waals surface area contributed by atoms with Crippen molar-refractivity contribution in [3.63, 3.8) is 0 Å². The van der Waals surface area contributed by atoms with E-state index in [1.54, 1.807) is 20.8 Å². The summed E-state index contributed by atoms with van der Waals surface area (Å²) in [6, 6.07) is 0. The van der Waals surface area contributed by atoms with Gasteiger partial charge in [0.05, 0.1) is 5.60 Å². The highest BCUT2D eigenvalue weighted by atomic mass is 16.5. The molecule has 5 heteroatoms. The maximum absolute atomic E-state index is 12.0. The summed E-state index contributed by atoms with van der Waals surface area (Å²) in [6.45, 7) is 6.90. The molecule has 0 saturated heterocycles. The summed E-state index contributed by atoms with van der Waals surface area (Å²) in [5.74, 6) is -0.520. The number of Topliss-reactive ketones (excluding diaryl/α,β-unsaturated/α-hetero) is 1. The van der Waals surface area contributed by atoms with Gasteiger partial charge in [-0.25, -0.2) is 4.79 Å². The normalized spacial score (nSPS) is 28.6. The van der Waals surface area contributed by atoms with Gasteiger partial charge < -0.3 is 14.9 Å². The predicted octanol–water partition coefficient (Wildman–Crippen LogP) is 2.54. The summed E-state index contributed by atoms with van der Waals surface area (Å²) >= 11 is 0. The maximum atomic E-state index is 12.0. The standard InChI is InChI=1S/C20H26O5/c1-12(17-8-7-13(2)19(23)25-17)6-5-9-20(4,24)11-15-16(21)10-14(3)18(15)22/h6-7,10-11,16-17,21,24H,5,8-9H2,1-4H3. The predicted molar refractivity (Wildman–Crippen MR) is 94.7 cm³/mol. The van der Waals surface area contributed by atoms with Gasteiger partial charge in [-0.15, -0.1) is 0 Å². The highest BCUT2D eigenvalue weighted by Gasteiger charge is 2.29. The molecule has 2 N–H and O–H groups in total. The molecule has 1 aliphatic heterocycles. The second-order valence-corrected chi connectivity index (χ2v) is 7.08. The molecule has 0 radical (unpaired) electrons. The Balaban J connectivity index is 1.96. The molecule has 0 amide bonds. The number of ether oxygens (including phenoxy) is 1. The van der Waals surface area contributed by atoms with Crippen LogP contribution in [-0.4, -0.2) is 39.8 Å². The second kappa shape index (κ2) is 7.50. The zero-order valence-corrected chi connectivity index (χ0v) is 15.2. The molecule has 0 aromatic heterocycles. The molecule has 2 rings (SSSR count). The van der Waals surface area contributed by atoms with Gasteiger partial charge in [0, 0.05) is 17.6 Å². The minimum atomic E-state index is -1.21. The van der Waals surface area contributed by atoms with E-state index in [1.807, 2.05) is 19.1 Å². The van der Waals surface area contributed by atoms with E-state index in [2.05, 4.69) is 0 Å². The molecule has 3 unspecified atom stereocenters. The first-order chi connectivity index (χ1) is 11.6. The summed E-state index contributed by atoms with van der Waals surface area (Å²) in [7, 11) is 0. The first-order valence-electron chi connectivity index (χ1n) is 8.51. The summed E-state index contributed by atoms with van der Waals surface area (Å²) in [4.78, 5) is 23.6. The van der Waals surface area contributed by atoms with Gasteiger partial charge in [-0.1, -0.05) is 12.2 Å². The van der Waals surface area contributed by atoms with Gasteiger partial charge >= 0.3 is 5.97 Å². The Kier molecular flexibility index (Phi) is 5.80. The topological polar surface area (TPSA) is 83.8 Å². The van der Waals surface area contributed by atoms with E-state index in [0.717, 1.165) is 5.57 Å². The molecule has 0 bridgehead atoms. The minimum absolute atomic E-state index is 0.226. The lowest BCUT2D eigenvalue weighted by Gasteiger charge is -2.23.